The van der Waals surface area contributed by atoms with Gasteiger partial charge in [-0.1, -0.05) is 46.6 Å². The zero-order chi connectivity index (χ0) is 15.4. The topological polar surface area (TPSA) is 55.1 Å². The molecule has 0 saturated heterocycles. The van der Waals surface area contributed by atoms with Crippen molar-refractivity contribution in [2.24, 2.45) is 0 Å². The first-order valence-corrected chi connectivity index (χ1v) is 7.73. The summed E-state index contributed by atoms with van der Waals surface area (Å²) < 4.78 is 0.869. The van der Waals surface area contributed by atoms with Crippen LogP contribution in [0.4, 0.5) is 11.4 Å². The highest BCUT2D eigenvalue weighted by molar-refractivity contribution is 9.10. The Balaban J connectivity index is 2.01. The van der Waals surface area contributed by atoms with Crippen LogP contribution in [0.15, 0.2) is 46.9 Å². The number of anilines is 2. The van der Waals surface area contributed by atoms with E-state index in [4.69, 9.17) is 17.3 Å². The molecule has 2 aromatic rings. The van der Waals surface area contributed by atoms with Crippen LogP contribution in [0.5, 0.6) is 0 Å². The molecule has 1 amide bonds. The van der Waals surface area contributed by atoms with Gasteiger partial charge in [-0.15, -0.1) is 0 Å². The third-order valence-corrected chi connectivity index (χ3v) is 4.02. The number of carbonyl (C=O) groups is 1. The third-order valence-electron chi connectivity index (χ3n) is 3.20. The van der Waals surface area contributed by atoms with Crippen molar-refractivity contribution in [3.05, 3.63) is 57.5 Å². The van der Waals surface area contributed by atoms with Crippen molar-refractivity contribution < 1.29 is 4.79 Å². The van der Waals surface area contributed by atoms with E-state index in [1.165, 1.54) is 0 Å². The van der Waals surface area contributed by atoms with Crippen LogP contribution in [-0.4, -0.2) is 5.91 Å². The van der Waals surface area contributed by atoms with Crippen molar-refractivity contribution >= 4 is 44.8 Å². The number of nitrogens with two attached hydrogens (primary N) is 1. The van der Waals surface area contributed by atoms with E-state index in [1.807, 2.05) is 37.3 Å². The molecule has 0 aliphatic carbocycles. The summed E-state index contributed by atoms with van der Waals surface area (Å²) in [4.78, 5) is 12.1. The van der Waals surface area contributed by atoms with Gasteiger partial charge in [0.1, 0.15) is 0 Å². The molecule has 0 spiro atoms. The van der Waals surface area contributed by atoms with Gasteiger partial charge in [-0.25, -0.2) is 0 Å². The van der Waals surface area contributed by atoms with E-state index < -0.39 is 0 Å². The summed E-state index contributed by atoms with van der Waals surface area (Å²) in [6.45, 7) is 2.01. The van der Waals surface area contributed by atoms with Gasteiger partial charge in [-0.3, -0.25) is 4.79 Å². The molecule has 0 radical (unpaired) electrons. The van der Waals surface area contributed by atoms with Gasteiger partial charge in [0.2, 0.25) is 5.91 Å². The van der Waals surface area contributed by atoms with Crippen LogP contribution in [0.25, 0.3) is 0 Å². The molecule has 0 fully saturated rings. The fourth-order valence-electron chi connectivity index (χ4n) is 2.02. The molecular weight excluding hydrogens is 352 g/mol. The number of nitrogens with one attached hydrogen (secondary N) is 1. The lowest BCUT2D eigenvalue weighted by atomic mass is 9.97. The molecule has 0 aromatic heterocycles. The molecular formula is C16H16BrClN2O. The van der Waals surface area contributed by atoms with Gasteiger partial charge in [0, 0.05) is 16.6 Å². The van der Waals surface area contributed by atoms with E-state index in [2.05, 4.69) is 21.2 Å². The molecule has 3 N–H and O–H groups in total. The molecule has 0 heterocycles. The lowest BCUT2D eigenvalue weighted by Gasteiger charge is -2.13. The second-order valence-corrected chi connectivity index (χ2v) is 6.27. The SMILES string of the molecule is CC(CC(=O)Nc1cc(Br)ccc1Cl)c1ccc(N)cc1. The van der Waals surface area contributed by atoms with E-state index in [0.717, 1.165) is 15.7 Å². The minimum atomic E-state index is -0.0701. The number of carbonyl (C=O) groups excluding carboxylic acids is 1. The molecule has 3 nitrogen and oxygen atoms in total. The van der Waals surface area contributed by atoms with Crippen LogP contribution in [0.2, 0.25) is 5.02 Å². The second kappa shape index (κ2) is 6.96. The minimum Gasteiger partial charge on any atom is -0.399 e. The summed E-state index contributed by atoms with van der Waals surface area (Å²) in [6, 6.07) is 12.9. The number of rotatable bonds is 4. The lowest BCUT2D eigenvalue weighted by Crippen LogP contribution is -2.14. The second-order valence-electron chi connectivity index (χ2n) is 4.94. The molecule has 0 saturated carbocycles. The molecule has 1 unspecified atom stereocenters. The van der Waals surface area contributed by atoms with Crippen molar-refractivity contribution in [2.75, 3.05) is 11.1 Å². The molecule has 21 heavy (non-hydrogen) atoms. The van der Waals surface area contributed by atoms with Gasteiger partial charge in [-0.2, -0.15) is 0 Å². The molecule has 0 aliphatic heterocycles. The van der Waals surface area contributed by atoms with Crippen LogP contribution in [0.3, 0.4) is 0 Å². The van der Waals surface area contributed by atoms with Gasteiger partial charge >= 0.3 is 0 Å². The standard InChI is InChI=1S/C16H16BrClN2O/c1-10(11-2-5-13(19)6-3-11)8-16(21)20-15-9-12(17)4-7-14(15)18/h2-7,9-10H,8,19H2,1H3,(H,20,21). The predicted molar refractivity (Wildman–Crippen MR) is 91.7 cm³/mol. The highest BCUT2D eigenvalue weighted by Gasteiger charge is 2.12. The highest BCUT2D eigenvalue weighted by atomic mass is 79.9. The van der Waals surface area contributed by atoms with Crippen molar-refractivity contribution in [3.63, 3.8) is 0 Å². The molecule has 2 rings (SSSR count). The molecule has 0 bridgehead atoms. The average molecular weight is 368 g/mol. The molecule has 1 atom stereocenters. The van der Waals surface area contributed by atoms with Crippen molar-refractivity contribution in [3.8, 4) is 0 Å². The fourth-order valence-corrected chi connectivity index (χ4v) is 2.54. The van der Waals surface area contributed by atoms with E-state index in [-0.39, 0.29) is 11.8 Å². The Kier molecular flexibility index (Phi) is 5.26. The first-order chi connectivity index (χ1) is 9.95. The summed E-state index contributed by atoms with van der Waals surface area (Å²) in [5, 5.41) is 3.36. The zero-order valence-corrected chi connectivity index (χ0v) is 13.9. The van der Waals surface area contributed by atoms with Crippen molar-refractivity contribution in [1.29, 1.82) is 0 Å². The Morgan fingerprint density at radius 2 is 1.95 bits per heavy atom. The summed E-state index contributed by atoms with van der Waals surface area (Å²) in [7, 11) is 0. The van der Waals surface area contributed by atoms with Crippen LogP contribution in [0, 0.1) is 0 Å². The van der Waals surface area contributed by atoms with Crippen LogP contribution < -0.4 is 11.1 Å². The number of hydrogen-bond acceptors (Lipinski definition) is 2. The lowest BCUT2D eigenvalue weighted by molar-refractivity contribution is -0.116. The van der Waals surface area contributed by atoms with Gasteiger partial charge < -0.3 is 11.1 Å². The van der Waals surface area contributed by atoms with Gasteiger partial charge in [0.25, 0.3) is 0 Å². The fraction of sp³-hybridized carbons (Fsp3) is 0.188. The maximum Gasteiger partial charge on any atom is 0.225 e. The minimum absolute atomic E-state index is 0.0701. The van der Waals surface area contributed by atoms with E-state index in [1.54, 1.807) is 12.1 Å². The molecule has 110 valence electrons. The summed E-state index contributed by atoms with van der Waals surface area (Å²) >= 11 is 9.42. The maximum atomic E-state index is 12.1. The Morgan fingerprint density at radius 3 is 2.62 bits per heavy atom. The van der Waals surface area contributed by atoms with Gasteiger partial charge in [0.05, 0.1) is 10.7 Å². The van der Waals surface area contributed by atoms with E-state index in [0.29, 0.717) is 17.1 Å². The smallest absolute Gasteiger partial charge is 0.225 e. The number of benzene rings is 2. The van der Waals surface area contributed by atoms with E-state index >= 15 is 0 Å². The Hall–Kier alpha value is -1.52. The summed E-state index contributed by atoms with van der Waals surface area (Å²) in [6.07, 6.45) is 0.382. The van der Waals surface area contributed by atoms with Gasteiger partial charge in [0.15, 0.2) is 0 Å². The summed E-state index contributed by atoms with van der Waals surface area (Å²) in [5.74, 6) is 0.0378. The molecule has 5 heteroatoms. The average Bonchev–Trinajstić information content (AvgIpc) is 2.43. The van der Waals surface area contributed by atoms with Crippen molar-refractivity contribution in [1.82, 2.24) is 0 Å². The molecule has 2 aromatic carbocycles. The quantitative estimate of drug-likeness (QED) is 0.761. The zero-order valence-electron chi connectivity index (χ0n) is 11.6. The van der Waals surface area contributed by atoms with Crippen LogP contribution in [-0.2, 0) is 4.79 Å². The largest absolute Gasteiger partial charge is 0.399 e. The van der Waals surface area contributed by atoms with Crippen molar-refractivity contribution in [2.45, 2.75) is 19.3 Å². The Bertz CT molecular complexity index is 643. The summed E-state index contributed by atoms with van der Waals surface area (Å²) in [5.41, 5.74) is 8.08. The van der Waals surface area contributed by atoms with Crippen LogP contribution >= 0.6 is 27.5 Å². The highest BCUT2D eigenvalue weighted by Crippen LogP contribution is 2.27. The normalized spacial score (nSPS) is 12.0. The Morgan fingerprint density at radius 1 is 1.29 bits per heavy atom. The number of hydrogen-bond donors (Lipinski definition) is 2. The Labute approximate surface area is 137 Å². The number of nitrogen functional groups attached to an aromatic ring is 1. The van der Waals surface area contributed by atoms with Crippen LogP contribution in [0.1, 0.15) is 24.8 Å². The maximum absolute atomic E-state index is 12.1. The third kappa shape index (κ3) is 4.48. The first kappa shape index (κ1) is 15.9. The van der Waals surface area contributed by atoms with Gasteiger partial charge in [-0.05, 0) is 41.8 Å². The molecule has 0 aliphatic rings. The first-order valence-electron chi connectivity index (χ1n) is 6.56. The van der Waals surface area contributed by atoms with E-state index in [9.17, 15) is 4.79 Å². The number of amides is 1. The predicted octanol–water partition coefficient (Wildman–Crippen LogP) is 4.82. The monoisotopic (exact) mass is 366 g/mol. The number of halogens is 2.